The SMILES string of the molecule is CC[C@H](C)C1NC(=O)CNC(=O)[C@H]2Cc3c([nH]c4ccccc34)S(=O)C[C@H](NC(=O)CNC1=O)C(=O)N[C@@H](CC(=O)NCc1ccc(NC(=O)[C@H](C)NC(=O)C(NC(=O)CCN3C(=O)CC(S)C3=O)C(C)C)cc1)C(=O)C1C[C@H](O)C[C@H]1C(=O)NC([C@@H](C)[C@@H](O)CO)C(=O)N2. The number of fused-ring (bicyclic) bond motifs is 5. The molecule has 516 valence electrons. The second-order valence-electron chi connectivity index (χ2n) is 24.7. The number of nitrogens with one attached hydrogen (secondary N) is 12. The zero-order valence-electron chi connectivity index (χ0n) is 53.2. The number of hydrogen-bond acceptors (Lipinski definition) is 19. The molecule has 33 heteroatoms. The molecular weight excluding hydrogens is 1280 g/mol. The molecule has 1 aliphatic carbocycles. The fourth-order valence-electron chi connectivity index (χ4n) is 11.5. The Morgan fingerprint density at radius 2 is 1.39 bits per heavy atom. The summed E-state index contributed by atoms with van der Waals surface area (Å²) in [7, 11) is -2.38. The molecule has 1 saturated carbocycles. The second kappa shape index (κ2) is 33.1. The number of hydrogen-bond donors (Lipinski definition) is 16. The molecule has 1 saturated heterocycles. The third-order valence-electron chi connectivity index (χ3n) is 17.4. The number of amides is 13. The van der Waals surface area contributed by atoms with Crippen LogP contribution < -0.4 is 58.5 Å². The molecule has 2 fully saturated rings. The van der Waals surface area contributed by atoms with Gasteiger partial charge in [-0.3, -0.25) is 76.2 Å². The van der Waals surface area contributed by atoms with Crippen LogP contribution in [0.5, 0.6) is 0 Å². The Hall–Kier alpha value is -8.66. The van der Waals surface area contributed by atoms with Crippen LogP contribution in [0, 0.1) is 29.6 Å². The number of imide groups is 1. The van der Waals surface area contributed by atoms with E-state index in [1.165, 1.54) is 38.1 Å². The van der Waals surface area contributed by atoms with E-state index in [4.69, 9.17) is 0 Å². The fourth-order valence-corrected chi connectivity index (χ4v) is 13.2. The molecule has 1 aromatic heterocycles. The Balaban J connectivity index is 1.15. The van der Waals surface area contributed by atoms with Gasteiger partial charge in [0.25, 0.3) is 0 Å². The molecule has 6 unspecified atom stereocenters. The quantitative estimate of drug-likeness (QED) is 0.0429. The second-order valence-corrected chi connectivity index (χ2v) is 26.7. The number of ketones is 1. The van der Waals surface area contributed by atoms with Crippen molar-refractivity contribution in [3.63, 3.8) is 0 Å². The van der Waals surface area contributed by atoms with Crippen LogP contribution in [0.2, 0.25) is 0 Å². The first-order chi connectivity index (χ1) is 45.0. The van der Waals surface area contributed by atoms with Crippen LogP contribution in [0.1, 0.15) is 91.2 Å². The minimum absolute atomic E-state index is 0.0872. The first-order valence-corrected chi connectivity index (χ1v) is 33.1. The number of para-hydroxylation sites is 1. The first-order valence-electron chi connectivity index (χ1n) is 31.3. The average molecular weight is 1360 g/mol. The molecular formula is C62H83N13O18S2. The van der Waals surface area contributed by atoms with E-state index in [-0.39, 0.29) is 42.2 Å². The number of likely N-dealkylation sites (tertiary alicyclic amines) is 1. The number of Topliss-reactive ketones (excluding diaryl/α,β-unsaturated/α-hetero) is 1. The van der Waals surface area contributed by atoms with Crippen LogP contribution in [0.25, 0.3) is 10.9 Å². The maximum atomic E-state index is 15.1. The summed E-state index contributed by atoms with van der Waals surface area (Å²) in [5, 5.41) is 59.8. The normalized spacial score (nSPS) is 26.0. The third kappa shape index (κ3) is 19.1. The maximum absolute atomic E-state index is 15.1. The van der Waals surface area contributed by atoms with Crippen molar-refractivity contribution in [1.29, 1.82) is 0 Å². The Kier molecular flexibility index (Phi) is 25.7. The molecule has 13 amide bonds. The fraction of sp³-hybridized carbons (Fsp3) is 0.548. The monoisotopic (exact) mass is 1360 g/mol. The molecule has 2 aromatic carbocycles. The van der Waals surface area contributed by atoms with Gasteiger partial charge in [0.15, 0.2) is 5.78 Å². The Labute approximate surface area is 554 Å². The highest BCUT2D eigenvalue weighted by Crippen LogP contribution is 2.35. The van der Waals surface area contributed by atoms with E-state index in [1.807, 2.05) is 0 Å². The number of rotatable bonds is 18. The van der Waals surface area contributed by atoms with Gasteiger partial charge in [0.1, 0.15) is 41.3 Å². The van der Waals surface area contributed by atoms with Crippen LogP contribution in [0.4, 0.5) is 5.69 Å². The number of thiol groups is 1. The topological polar surface area (TPSA) is 468 Å². The minimum atomic E-state index is -2.38. The van der Waals surface area contributed by atoms with Crippen molar-refractivity contribution in [3.8, 4) is 0 Å². The number of aliphatic hydroxyl groups excluding tert-OH is 3. The number of H-pyrrole nitrogens is 1. The molecule has 95 heavy (non-hydrogen) atoms. The summed E-state index contributed by atoms with van der Waals surface area (Å²) in [5.41, 5.74) is 1.22. The van der Waals surface area contributed by atoms with Gasteiger partial charge in [0.05, 0.1) is 72.1 Å². The number of aromatic nitrogens is 1. The molecule has 3 aliphatic heterocycles. The van der Waals surface area contributed by atoms with Crippen molar-refractivity contribution in [3.05, 3.63) is 59.7 Å². The summed E-state index contributed by atoms with van der Waals surface area (Å²) in [4.78, 5) is 197. The van der Waals surface area contributed by atoms with Crippen LogP contribution in [-0.4, -0.2) is 204 Å². The van der Waals surface area contributed by atoms with Crippen molar-refractivity contribution in [1.82, 2.24) is 63.1 Å². The number of carbonyl (C=O) groups is 14. The third-order valence-corrected chi connectivity index (χ3v) is 19.2. The van der Waals surface area contributed by atoms with Gasteiger partial charge in [-0.1, -0.05) is 71.4 Å². The molecule has 15 atom stereocenters. The van der Waals surface area contributed by atoms with E-state index in [1.54, 1.807) is 52.0 Å². The van der Waals surface area contributed by atoms with Crippen LogP contribution in [0.3, 0.4) is 0 Å². The molecule has 4 aliphatic rings. The van der Waals surface area contributed by atoms with Gasteiger partial charge >= 0.3 is 0 Å². The van der Waals surface area contributed by atoms with E-state index in [9.17, 15) is 81.9 Å². The summed E-state index contributed by atoms with van der Waals surface area (Å²) in [6, 6.07) is 1.82. The molecule has 31 nitrogen and oxygen atoms in total. The first kappa shape index (κ1) is 73.7. The molecule has 0 spiro atoms. The lowest BCUT2D eigenvalue weighted by Crippen LogP contribution is -2.60. The van der Waals surface area contributed by atoms with E-state index in [2.05, 4.69) is 76.1 Å². The smallest absolute Gasteiger partial charge is 0.246 e. The van der Waals surface area contributed by atoms with Gasteiger partial charge in [-0.15, -0.1) is 0 Å². The zero-order valence-corrected chi connectivity index (χ0v) is 55.0. The lowest BCUT2D eigenvalue weighted by molar-refractivity contribution is -0.139. The number of anilines is 1. The van der Waals surface area contributed by atoms with Gasteiger partial charge in [-0.05, 0) is 60.9 Å². The highest BCUT2D eigenvalue weighted by Gasteiger charge is 2.47. The van der Waals surface area contributed by atoms with Gasteiger partial charge in [0.2, 0.25) is 76.8 Å². The van der Waals surface area contributed by atoms with Crippen molar-refractivity contribution in [2.45, 2.75) is 158 Å². The van der Waals surface area contributed by atoms with E-state index in [0.717, 1.165) is 4.90 Å². The van der Waals surface area contributed by atoms with Crippen molar-refractivity contribution in [2.75, 3.05) is 37.3 Å². The van der Waals surface area contributed by atoms with E-state index < -0.39 is 234 Å². The Bertz CT molecular complexity index is 3480. The predicted molar refractivity (Wildman–Crippen MR) is 343 cm³/mol. The Morgan fingerprint density at radius 3 is 2.04 bits per heavy atom. The molecule has 3 aromatic rings. The van der Waals surface area contributed by atoms with Crippen molar-refractivity contribution >= 4 is 123 Å². The van der Waals surface area contributed by atoms with Gasteiger partial charge < -0.3 is 78.8 Å². The summed E-state index contributed by atoms with van der Waals surface area (Å²) in [6.07, 6.45) is -5.18. The van der Waals surface area contributed by atoms with Gasteiger partial charge in [0, 0.05) is 60.8 Å². The lowest BCUT2D eigenvalue weighted by atomic mass is 9.85. The van der Waals surface area contributed by atoms with Crippen LogP contribution in [0.15, 0.2) is 53.6 Å². The number of aliphatic hydroxyl groups is 3. The van der Waals surface area contributed by atoms with Crippen molar-refractivity contribution < 1.29 is 86.7 Å². The number of nitrogens with zero attached hydrogens (tertiary/aromatic N) is 1. The molecule has 2 bridgehead atoms. The number of carbonyl (C=O) groups excluding carboxylic acids is 14. The molecule has 0 radical (unpaired) electrons. The molecule has 7 rings (SSSR count). The average Bonchev–Trinajstić information content (AvgIpc) is 1.66. The number of benzene rings is 2. The maximum Gasteiger partial charge on any atom is 0.246 e. The molecule has 4 heterocycles. The van der Waals surface area contributed by atoms with Gasteiger partial charge in [-0.25, -0.2) is 0 Å². The lowest BCUT2D eigenvalue weighted by Gasteiger charge is -2.31. The summed E-state index contributed by atoms with van der Waals surface area (Å²) in [6.45, 7) is 6.56. The van der Waals surface area contributed by atoms with Crippen LogP contribution in [-0.2, 0) is 90.9 Å². The van der Waals surface area contributed by atoms with E-state index >= 15 is 4.79 Å². The zero-order chi connectivity index (χ0) is 69.7. The highest BCUT2D eigenvalue weighted by atomic mass is 32.2. The van der Waals surface area contributed by atoms with Gasteiger partial charge in [-0.2, -0.15) is 12.6 Å². The standard InChI is InChI=1S/C62H83N13O18S2/c1-7-29(4)51-58(89)65-24-47(81)68-42-27-95(93)61-38(35-10-8-9-11-39(35)71-61)20-41(56(87)64-25-48(82)73-51)70-60(91)52(30(5)43(78)26-76)74-55(86)37-19-34(77)18-36(37)53(84)40(69-57(42)88)21-46(80)63-23-32-12-14-33(15-13-32)67-54(85)31(6)66-59(90)50(28(2)3)72-45(79)16-17-75-49(83)22-44(94)62(75)92/h8-15,28-31,34,36-37,40-44,50-52,71,76-78,94H,7,16-27H2,1-6H3,(H,63,80)(H,64,87)(H,65,89)(H,66,90)(H,67,85)(H,68,81)(H,69,88)(H,70,91)(H,72,79)(H,73,82)(H,74,86)/t29-,30-,31-,34-,36?,37+,40-,41+,42-,43-,44?,50?,51?,52?,95?/m0/s1. The van der Waals surface area contributed by atoms with Crippen LogP contribution >= 0.6 is 12.6 Å². The van der Waals surface area contributed by atoms with E-state index in [0.29, 0.717) is 22.9 Å². The Morgan fingerprint density at radius 1 is 0.726 bits per heavy atom. The summed E-state index contributed by atoms with van der Waals surface area (Å²) in [5.74, 6) is -17.8. The predicted octanol–water partition coefficient (Wildman–Crippen LogP) is -3.77. The highest BCUT2D eigenvalue weighted by molar-refractivity contribution is 7.85. The summed E-state index contributed by atoms with van der Waals surface area (Å²) >= 11 is 4.08. The minimum Gasteiger partial charge on any atom is -0.394 e. The number of aromatic amines is 1. The largest absolute Gasteiger partial charge is 0.394 e. The van der Waals surface area contributed by atoms with Crippen molar-refractivity contribution in [2.24, 2.45) is 29.6 Å². The summed E-state index contributed by atoms with van der Waals surface area (Å²) < 4.78 is 15.0. The molecule has 15 N–H and O–H groups in total.